The van der Waals surface area contributed by atoms with E-state index >= 15 is 0 Å². The van der Waals surface area contributed by atoms with Crippen LogP contribution in [0.25, 0.3) is 17.1 Å². The van der Waals surface area contributed by atoms with E-state index < -0.39 is 0 Å². The summed E-state index contributed by atoms with van der Waals surface area (Å²) >= 11 is 7.71. The second kappa shape index (κ2) is 9.79. The Kier molecular flexibility index (Phi) is 6.42. The van der Waals surface area contributed by atoms with Gasteiger partial charge in [0.25, 0.3) is 0 Å². The highest BCUT2D eigenvalue weighted by atomic mass is 35.5. The third-order valence-corrected chi connectivity index (χ3v) is 6.48. The van der Waals surface area contributed by atoms with Crippen molar-refractivity contribution >= 4 is 29.1 Å². The van der Waals surface area contributed by atoms with Gasteiger partial charge in [0.1, 0.15) is 19.0 Å². The van der Waals surface area contributed by atoms with Gasteiger partial charge in [0.05, 0.1) is 23.6 Å². The van der Waals surface area contributed by atoms with E-state index in [9.17, 15) is 4.79 Å². The van der Waals surface area contributed by atoms with Crippen molar-refractivity contribution in [1.82, 2.24) is 14.8 Å². The number of ether oxygens (including phenoxy) is 3. The Balaban J connectivity index is 1.45. The number of Topliss-reactive ketones (excluding diaryl/α,β-unsaturated/α-hetero) is 1. The number of benzene rings is 3. The fourth-order valence-electron chi connectivity index (χ4n) is 3.59. The fraction of sp³-hybridized carbons (Fsp3) is 0.160. The maximum atomic E-state index is 13.0. The fourth-order valence-corrected chi connectivity index (χ4v) is 4.69. The lowest BCUT2D eigenvalue weighted by Gasteiger charge is -2.18. The van der Waals surface area contributed by atoms with Crippen LogP contribution >= 0.6 is 23.4 Å². The largest absolute Gasteiger partial charge is 0.495 e. The van der Waals surface area contributed by atoms with Crippen LogP contribution < -0.4 is 14.2 Å². The molecule has 7 nitrogen and oxygen atoms in total. The number of fused-ring (bicyclic) bond motifs is 1. The average Bonchev–Trinajstić information content (AvgIpc) is 3.31. The molecule has 1 aromatic heterocycles. The average molecular weight is 494 g/mol. The molecule has 1 aliphatic heterocycles. The Morgan fingerprint density at radius 3 is 2.59 bits per heavy atom. The zero-order chi connectivity index (χ0) is 23.5. The van der Waals surface area contributed by atoms with Crippen molar-refractivity contribution < 1.29 is 19.0 Å². The molecular formula is C25H20ClN3O4S. The smallest absolute Gasteiger partial charge is 0.196 e. The molecule has 0 saturated heterocycles. The van der Waals surface area contributed by atoms with Crippen LogP contribution in [-0.4, -0.2) is 46.6 Å². The monoisotopic (exact) mass is 493 g/mol. The van der Waals surface area contributed by atoms with Gasteiger partial charge in [-0.3, -0.25) is 9.36 Å². The van der Waals surface area contributed by atoms with Gasteiger partial charge in [-0.1, -0.05) is 53.7 Å². The molecule has 4 aromatic rings. The van der Waals surface area contributed by atoms with Crippen LogP contribution in [0.3, 0.4) is 0 Å². The Morgan fingerprint density at radius 1 is 1.03 bits per heavy atom. The van der Waals surface area contributed by atoms with Crippen LogP contribution in [0.15, 0.2) is 71.9 Å². The number of methoxy groups -OCH3 is 1. The lowest BCUT2D eigenvalue weighted by Crippen LogP contribution is -2.16. The number of ketones is 1. The Labute approximate surface area is 205 Å². The summed E-state index contributed by atoms with van der Waals surface area (Å²) in [4.78, 5) is 13.0. The standard InChI is InChI=1S/C25H20ClN3O4S/c1-31-21-10-8-18(14-19(21)26)29-24(16-5-3-2-4-6-16)27-28-25(29)34-15-20(30)17-7-9-22-23(13-17)33-12-11-32-22/h2-10,13-14H,11-12,15H2,1H3. The molecular weight excluding hydrogens is 474 g/mol. The van der Waals surface area contributed by atoms with Gasteiger partial charge in [0, 0.05) is 11.1 Å². The highest BCUT2D eigenvalue weighted by molar-refractivity contribution is 7.99. The first-order valence-electron chi connectivity index (χ1n) is 10.5. The normalized spacial score (nSPS) is 12.4. The molecule has 34 heavy (non-hydrogen) atoms. The minimum absolute atomic E-state index is 0.0504. The van der Waals surface area contributed by atoms with Crippen LogP contribution in [0, 0.1) is 0 Å². The lowest BCUT2D eigenvalue weighted by atomic mass is 10.1. The quantitative estimate of drug-likeness (QED) is 0.254. The van der Waals surface area contributed by atoms with Gasteiger partial charge in [-0.25, -0.2) is 0 Å². The van der Waals surface area contributed by atoms with E-state index in [0.29, 0.717) is 52.0 Å². The number of halogens is 1. The lowest BCUT2D eigenvalue weighted by molar-refractivity contribution is 0.102. The number of hydrogen-bond acceptors (Lipinski definition) is 7. The van der Waals surface area contributed by atoms with Crippen molar-refractivity contribution in [2.45, 2.75) is 5.16 Å². The highest BCUT2D eigenvalue weighted by Gasteiger charge is 2.20. The predicted molar refractivity (Wildman–Crippen MR) is 131 cm³/mol. The number of carbonyl (C=O) groups is 1. The van der Waals surface area contributed by atoms with Gasteiger partial charge >= 0.3 is 0 Å². The zero-order valence-electron chi connectivity index (χ0n) is 18.2. The second-order valence-electron chi connectivity index (χ2n) is 7.40. The third-order valence-electron chi connectivity index (χ3n) is 5.26. The molecule has 0 bridgehead atoms. The maximum absolute atomic E-state index is 13.0. The first-order valence-corrected chi connectivity index (χ1v) is 11.9. The van der Waals surface area contributed by atoms with Crippen LogP contribution in [0.1, 0.15) is 10.4 Å². The molecule has 0 saturated carbocycles. The van der Waals surface area contributed by atoms with E-state index in [1.54, 1.807) is 37.4 Å². The summed E-state index contributed by atoms with van der Waals surface area (Å²) in [6.07, 6.45) is 0. The SMILES string of the molecule is COc1ccc(-n2c(SCC(=O)c3ccc4c(c3)OCCO4)nnc2-c2ccccc2)cc1Cl. The molecule has 0 atom stereocenters. The highest BCUT2D eigenvalue weighted by Crippen LogP contribution is 2.34. The van der Waals surface area contributed by atoms with E-state index in [-0.39, 0.29) is 11.5 Å². The van der Waals surface area contributed by atoms with Crippen molar-refractivity contribution in [1.29, 1.82) is 0 Å². The van der Waals surface area contributed by atoms with E-state index in [1.807, 2.05) is 41.0 Å². The third kappa shape index (κ3) is 4.47. The van der Waals surface area contributed by atoms with Crippen molar-refractivity contribution in [2.24, 2.45) is 0 Å². The summed E-state index contributed by atoms with van der Waals surface area (Å²) in [5.41, 5.74) is 2.22. The van der Waals surface area contributed by atoms with Crippen molar-refractivity contribution in [3.8, 4) is 34.3 Å². The van der Waals surface area contributed by atoms with Gasteiger partial charge in [-0.2, -0.15) is 0 Å². The minimum Gasteiger partial charge on any atom is -0.495 e. The Morgan fingerprint density at radius 2 is 1.82 bits per heavy atom. The second-order valence-corrected chi connectivity index (χ2v) is 8.75. The minimum atomic E-state index is -0.0504. The predicted octanol–water partition coefficient (Wildman–Crippen LogP) is 5.34. The summed E-state index contributed by atoms with van der Waals surface area (Å²) in [7, 11) is 1.57. The number of thioether (sulfide) groups is 1. The first-order chi connectivity index (χ1) is 16.6. The van der Waals surface area contributed by atoms with E-state index in [0.717, 1.165) is 11.3 Å². The molecule has 0 fully saturated rings. The van der Waals surface area contributed by atoms with Gasteiger partial charge < -0.3 is 14.2 Å². The van der Waals surface area contributed by atoms with Gasteiger partial charge in [-0.15, -0.1) is 10.2 Å². The molecule has 0 amide bonds. The molecule has 9 heteroatoms. The topological polar surface area (TPSA) is 75.5 Å². The summed E-state index contributed by atoms with van der Waals surface area (Å²) in [6, 6.07) is 20.4. The zero-order valence-corrected chi connectivity index (χ0v) is 19.8. The van der Waals surface area contributed by atoms with Crippen molar-refractivity contribution in [3.63, 3.8) is 0 Å². The number of carbonyl (C=O) groups excluding carboxylic acids is 1. The van der Waals surface area contributed by atoms with E-state index in [2.05, 4.69) is 10.2 Å². The molecule has 172 valence electrons. The molecule has 0 N–H and O–H groups in total. The number of nitrogens with zero attached hydrogens (tertiary/aromatic N) is 3. The number of hydrogen-bond donors (Lipinski definition) is 0. The van der Waals surface area contributed by atoms with Crippen molar-refractivity contribution in [2.75, 3.05) is 26.1 Å². The molecule has 2 heterocycles. The molecule has 0 spiro atoms. The van der Waals surface area contributed by atoms with Gasteiger partial charge in [0.2, 0.25) is 0 Å². The molecule has 1 aliphatic rings. The Hall–Kier alpha value is -3.49. The number of rotatable bonds is 7. The van der Waals surface area contributed by atoms with Crippen molar-refractivity contribution in [3.05, 3.63) is 77.3 Å². The van der Waals surface area contributed by atoms with Crippen LogP contribution in [0.4, 0.5) is 0 Å². The van der Waals surface area contributed by atoms with Crippen LogP contribution in [0.5, 0.6) is 17.2 Å². The van der Waals surface area contributed by atoms with E-state index in [1.165, 1.54) is 11.8 Å². The van der Waals surface area contributed by atoms with Crippen LogP contribution in [0.2, 0.25) is 5.02 Å². The van der Waals surface area contributed by atoms with E-state index in [4.69, 9.17) is 25.8 Å². The molecule has 0 aliphatic carbocycles. The summed E-state index contributed by atoms with van der Waals surface area (Å²) in [5, 5.41) is 9.84. The Bertz CT molecular complexity index is 1340. The van der Waals surface area contributed by atoms with Gasteiger partial charge in [-0.05, 0) is 36.4 Å². The molecule has 3 aromatic carbocycles. The number of aromatic nitrogens is 3. The summed E-state index contributed by atoms with van der Waals surface area (Å²) < 4.78 is 18.3. The maximum Gasteiger partial charge on any atom is 0.196 e. The molecule has 5 rings (SSSR count). The summed E-state index contributed by atoms with van der Waals surface area (Å²) in [6.45, 7) is 0.972. The van der Waals surface area contributed by atoms with Gasteiger partial charge in [0.15, 0.2) is 28.3 Å². The first kappa shape index (κ1) is 22.3. The van der Waals surface area contributed by atoms with Crippen LogP contribution in [-0.2, 0) is 0 Å². The molecule has 0 unspecified atom stereocenters. The summed E-state index contributed by atoms with van der Waals surface area (Å²) in [5.74, 6) is 2.59. The molecule has 0 radical (unpaired) electrons.